The number of para-hydroxylation sites is 1. The second-order valence-electron chi connectivity index (χ2n) is 21.9. The summed E-state index contributed by atoms with van der Waals surface area (Å²) < 4.78 is 41.2. The summed E-state index contributed by atoms with van der Waals surface area (Å²) in [5.41, 5.74) is 12.4. The highest BCUT2D eigenvalue weighted by Gasteiger charge is 2.33. The second-order valence-corrected chi connectivity index (χ2v) is 24.4. The number of hydrogen-bond donors (Lipinski definition) is 1. The van der Waals surface area contributed by atoms with Gasteiger partial charge in [0.2, 0.25) is 8.30 Å². The quantitative estimate of drug-likeness (QED) is 0.152. The molecule has 0 saturated carbocycles. The topological polar surface area (TPSA) is 75.2 Å². The Morgan fingerprint density at radius 1 is 0.500 bits per heavy atom. The van der Waals surface area contributed by atoms with Crippen molar-refractivity contribution >= 4 is 49.5 Å². The SMILES string of the molecule is COc1cc(C(C)(C)C)c2op(Oc3c(Cc4cc(C)cc(C(C)(C)C)c4OP4Nc5ccccc5-c5ccccc54)cc(C)cc3C(C)(C)C)oc3c(C(C)(C)C)cc(OC)cc3c2c1. The van der Waals surface area contributed by atoms with E-state index < -0.39 is 16.5 Å². The highest BCUT2D eigenvalue weighted by Crippen LogP contribution is 2.52. The fraction of sp³-hybridized carbons (Fsp3) is 0.368. The van der Waals surface area contributed by atoms with E-state index in [1.807, 2.05) is 12.1 Å². The van der Waals surface area contributed by atoms with E-state index in [1.165, 1.54) is 16.7 Å². The van der Waals surface area contributed by atoms with Crippen molar-refractivity contribution < 1.29 is 26.9 Å². The van der Waals surface area contributed by atoms with Crippen LogP contribution in [0.25, 0.3) is 33.1 Å². The lowest BCUT2D eigenvalue weighted by Crippen LogP contribution is -2.21. The lowest BCUT2D eigenvalue weighted by Gasteiger charge is -2.32. The van der Waals surface area contributed by atoms with Crippen LogP contribution in [0.3, 0.4) is 0 Å². The maximum atomic E-state index is 7.44. The van der Waals surface area contributed by atoms with E-state index in [4.69, 9.17) is 26.9 Å². The van der Waals surface area contributed by atoms with Crippen molar-refractivity contribution in [1.29, 1.82) is 0 Å². The third-order valence-corrected chi connectivity index (χ3v) is 15.0. The number of benzene rings is 6. The lowest BCUT2D eigenvalue weighted by atomic mass is 9.81. The van der Waals surface area contributed by atoms with E-state index in [0.29, 0.717) is 17.6 Å². The first kappa shape index (κ1) is 47.2. The van der Waals surface area contributed by atoms with Crippen molar-refractivity contribution in [3.63, 3.8) is 0 Å². The summed E-state index contributed by atoms with van der Waals surface area (Å²) >= 11 is 0. The van der Waals surface area contributed by atoms with Gasteiger partial charge in [0.15, 0.2) is 0 Å². The Balaban J connectivity index is 1.37. The fourth-order valence-electron chi connectivity index (χ4n) is 8.95. The Morgan fingerprint density at radius 3 is 1.41 bits per heavy atom. The first-order valence-corrected chi connectivity index (χ1v) is 25.3. The summed E-state index contributed by atoms with van der Waals surface area (Å²) in [6.45, 7) is 31.0. The highest BCUT2D eigenvalue weighted by molar-refractivity contribution is 7.63. The predicted octanol–water partition coefficient (Wildman–Crippen LogP) is 16.7. The number of methoxy groups -OCH3 is 2. The minimum absolute atomic E-state index is 0.214. The lowest BCUT2D eigenvalue weighted by molar-refractivity contribution is 0.413. The molecule has 66 heavy (non-hydrogen) atoms. The summed E-state index contributed by atoms with van der Waals surface area (Å²) in [6, 6.07) is 34.5. The van der Waals surface area contributed by atoms with E-state index in [-0.39, 0.29) is 21.7 Å². The van der Waals surface area contributed by atoms with Crippen molar-refractivity contribution in [2.24, 2.45) is 0 Å². The summed E-state index contributed by atoms with van der Waals surface area (Å²) in [5, 5.41) is 6.73. The number of rotatable bonds is 8. The molecule has 0 fully saturated rings. The molecule has 9 heteroatoms. The Bertz CT molecular complexity index is 2950. The van der Waals surface area contributed by atoms with Gasteiger partial charge in [0.1, 0.15) is 34.2 Å². The van der Waals surface area contributed by atoms with Gasteiger partial charge in [-0.1, -0.05) is 155 Å². The zero-order valence-corrected chi connectivity index (χ0v) is 43.6. The van der Waals surface area contributed by atoms with Gasteiger partial charge in [0, 0.05) is 61.6 Å². The van der Waals surface area contributed by atoms with E-state index in [9.17, 15) is 0 Å². The molecular formula is C57H67NO6P2. The molecule has 7 aromatic rings. The van der Waals surface area contributed by atoms with Gasteiger partial charge in [0.25, 0.3) is 0 Å². The molecule has 0 saturated heterocycles. The molecule has 8 rings (SSSR count). The standard InChI is InChI=1S/C57H67NO6P2/c1-34-25-36(50(44(27-34)54(3,4)5)61-65-49-24-20-18-22-41(49)40-21-17-19-23-48(40)58-65)29-37-26-35(2)28-45(55(6,7)8)51(37)62-66-63-52-42(30-38(59-15)32-46(52)56(9,10)11)43-31-39(60-16)33-47(53(43)64-66)57(12,13)14/h17-28,30-33,58H,29H2,1-16H3. The summed E-state index contributed by atoms with van der Waals surface area (Å²) in [5.74, 6) is 3.12. The van der Waals surface area contributed by atoms with Crippen molar-refractivity contribution in [3.8, 4) is 34.1 Å². The monoisotopic (exact) mass is 923 g/mol. The molecule has 1 aromatic heterocycles. The molecular weight excluding hydrogens is 857 g/mol. The summed E-state index contributed by atoms with van der Waals surface area (Å²) in [6.07, 6.45) is 0.548. The summed E-state index contributed by atoms with van der Waals surface area (Å²) in [7, 11) is 0.0323. The molecule has 1 aliphatic heterocycles. The average Bonchev–Trinajstić information content (AvgIpc) is 3.39. The normalized spacial score (nSPS) is 14.1. The van der Waals surface area contributed by atoms with Crippen LogP contribution in [0.5, 0.6) is 23.0 Å². The Hall–Kier alpha value is -5.35. The van der Waals surface area contributed by atoms with Crippen LogP contribution in [-0.2, 0) is 28.1 Å². The predicted molar refractivity (Wildman–Crippen MR) is 278 cm³/mol. The third-order valence-electron chi connectivity index (χ3n) is 12.4. The number of hydrogen-bond acceptors (Lipinski definition) is 7. The van der Waals surface area contributed by atoms with Crippen molar-refractivity contribution in [3.05, 3.63) is 142 Å². The maximum absolute atomic E-state index is 7.44. The molecule has 1 aliphatic rings. The fourth-order valence-corrected chi connectivity index (χ4v) is 11.8. The van der Waals surface area contributed by atoms with Crippen molar-refractivity contribution in [1.82, 2.24) is 0 Å². The van der Waals surface area contributed by atoms with Crippen LogP contribution < -0.4 is 28.9 Å². The summed E-state index contributed by atoms with van der Waals surface area (Å²) in [4.78, 5) is 0. The molecule has 346 valence electrons. The van der Waals surface area contributed by atoms with Crippen LogP contribution in [0.15, 0.2) is 105 Å². The van der Waals surface area contributed by atoms with E-state index in [2.05, 4.69) is 187 Å². The zero-order chi connectivity index (χ0) is 47.7. The number of aryl methyl sites for hydroxylation is 2. The number of ether oxygens (including phenoxy) is 2. The van der Waals surface area contributed by atoms with Gasteiger partial charge in [0.05, 0.1) is 14.2 Å². The van der Waals surface area contributed by atoms with E-state index in [1.54, 1.807) is 14.2 Å². The first-order chi connectivity index (χ1) is 30.9. The minimum Gasteiger partial charge on any atom is -0.497 e. The third kappa shape index (κ3) is 9.32. The van der Waals surface area contributed by atoms with Gasteiger partial charge in [-0.3, -0.25) is 0 Å². The molecule has 2 heterocycles. The van der Waals surface area contributed by atoms with Gasteiger partial charge < -0.3 is 32.0 Å². The largest absolute Gasteiger partial charge is 0.497 e. The van der Waals surface area contributed by atoms with Crippen molar-refractivity contribution in [2.75, 3.05) is 19.3 Å². The Morgan fingerprint density at radius 2 is 0.939 bits per heavy atom. The van der Waals surface area contributed by atoms with Gasteiger partial charge in [-0.15, -0.1) is 0 Å². The molecule has 0 aliphatic carbocycles. The average molecular weight is 924 g/mol. The molecule has 1 N–H and O–H groups in total. The molecule has 1 atom stereocenters. The van der Waals surface area contributed by atoms with E-state index in [0.717, 1.165) is 83.7 Å². The number of nitrogens with one attached hydrogen (secondary N) is 1. The minimum atomic E-state index is -2.09. The number of anilines is 1. The van der Waals surface area contributed by atoms with Gasteiger partial charge in [-0.2, -0.15) is 0 Å². The zero-order valence-electron chi connectivity index (χ0n) is 41.8. The van der Waals surface area contributed by atoms with Crippen LogP contribution >= 0.6 is 16.5 Å². The molecule has 0 radical (unpaired) electrons. The Labute approximate surface area is 394 Å². The Kier molecular flexibility index (Phi) is 12.4. The second kappa shape index (κ2) is 17.4. The van der Waals surface area contributed by atoms with Crippen molar-refractivity contribution in [2.45, 2.75) is 125 Å². The van der Waals surface area contributed by atoms with Gasteiger partial charge >= 0.3 is 8.24 Å². The maximum Gasteiger partial charge on any atom is 0.453 e. The highest BCUT2D eigenvalue weighted by atomic mass is 31.2. The molecule has 6 aromatic carbocycles. The first-order valence-electron chi connectivity index (χ1n) is 22.9. The molecule has 1 unspecified atom stereocenters. The van der Waals surface area contributed by atoms with Crippen LogP contribution in [0, 0.1) is 13.8 Å². The van der Waals surface area contributed by atoms with Crippen LogP contribution in [0.2, 0.25) is 0 Å². The van der Waals surface area contributed by atoms with Gasteiger partial charge in [-0.25, -0.2) is 0 Å². The smallest absolute Gasteiger partial charge is 0.453 e. The van der Waals surface area contributed by atoms with E-state index >= 15 is 0 Å². The molecule has 7 nitrogen and oxygen atoms in total. The molecule has 0 amide bonds. The van der Waals surface area contributed by atoms with Gasteiger partial charge in [-0.05, 0) is 83.0 Å². The van der Waals surface area contributed by atoms with Crippen LogP contribution in [0.4, 0.5) is 5.69 Å². The number of fused-ring (bicyclic) bond motifs is 6. The van der Waals surface area contributed by atoms with Crippen LogP contribution in [0.1, 0.15) is 128 Å². The molecule has 0 spiro atoms. The molecule has 0 bridgehead atoms. The van der Waals surface area contributed by atoms with Crippen LogP contribution in [-0.4, -0.2) is 14.2 Å².